The van der Waals surface area contributed by atoms with Gasteiger partial charge < -0.3 is 25.6 Å². The van der Waals surface area contributed by atoms with E-state index in [0.717, 1.165) is 22.5 Å². The van der Waals surface area contributed by atoms with Crippen molar-refractivity contribution in [2.24, 2.45) is 12.8 Å². The highest BCUT2D eigenvalue weighted by Crippen LogP contribution is 2.23. The number of rotatable bonds is 11. The van der Waals surface area contributed by atoms with Gasteiger partial charge in [0.25, 0.3) is 0 Å². The minimum atomic E-state index is -1.11. The standard InChI is InChI=1S/C18H25Cl2N5O3/c1-24-15-4-2-12(25(8-6-19)9-7-20)10-14(15)23-16(24)5-3-13(21)18(28)22-11-17(26)27/h2,4,10,13H,3,5-9,11,21H2,1H3,(H,22,28)(H,26,27). The molecule has 0 fully saturated rings. The van der Waals surface area contributed by atoms with E-state index in [1.165, 1.54) is 0 Å². The zero-order valence-electron chi connectivity index (χ0n) is 15.7. The van der Waals surface area contributed by atoms with Gasteiger partial charge in [0.15, 0.2) is 0 Å². The Morgan fingerprint density at radius 3 is 2.61 bits per heavy atom. The van der Waals surface area contributed by atoms with Crippen molar-refractivity contribution in [3.63, 3.8) is 0 Å². The number of nitrogens with two attached hydrogens (primary N) is 1. The van der Waals surface area contributed by atoms with Crippen LogP contribution in [0.15, 0.2) is 18.2 Å². The Bertz CT molecular complexity index is 821. The second-order valence-electron chi connectivity index (χ2n) is 6.38. The van der Waals surface area contributed by atoms with E-state index in [0.29, 0.717) is 37.7 Å². The average molecular weight is 430 g/mol. The van der Waals surface area contributed by atoms with Gasteiger partial charge in [-0.3, -0.25) is 9.59 Å². The van der Waals surface area contributed by atoms with Gasteiger partial charge in [-0.25, -0.2) is 4.98 Å². The van der Waals surface area contributed by atoms with Crippen LogP contribution in [0, 0.1) is 0 Å². The van der Waals surface area contributed by atoms with Crippen molar-refractivity contribution in [1.82, 2.24) is 14.9 Å². The highest BCUT2D eigenvalue weighted by atomic mass is 35.5. The van der Waals surface area contributed by atoms with E-state index in [1.807, 2.05) is 29.8 Å². The van der Waals surface area contributed by atoms with Crippen molar-refractivity contribution < 1.29 is 14.7 Å². The number of carboxylic acid groups (broad SMARTS) is 1. The first kappa shape index (κ1) is 22.3. The van der Waals surface area contributed by atoms with Crippen molar-refractivity contribution in [3.05, 3.63) is 24.0 Å². The van der Waals surface area contributed by atoms with E-state index in [1.54, 1.807) is 0 Å². The fourth-order valence-corrected chi connectivity index (χ4v) is 3.35. The summed E-state index contributed by atoms with van der Waals surface area (Å²) >= 11 is 11.8. The van der Waals surface area contributed by atoms with Crippen LogP contribution < -0.4 is 16.0 Å². The van der Waals surface area contributed by atoms with Crippen LogP contribution in [0.5, 0.6) is 0 Å². The molecule has 0 bridgehead atoms. The van der Waals surface area contributed by atoms with Gasteiger partial charge in [-0.15, -0.1) is 23.2 Å². The summed E-state index contributed by atoms with van der Waals surface area (Å²) < 4.78 is 1.97. The quantitative estimate of drug-likeness (QED) is 0.464. The number of hydrogen-bond acceptors (Lipinski definition) is 5. The molecule has 154 valence electrons. The van der Waals surface area contributed by atoms with E-state index in [2.05, 4.69) is 15.2 Å². The van der Waals surface area contributed by atoms with Crippen molar-refractivity contribution >= 4 is 51.8 Å². The number of imidazole rings is 1. The predicted octanol–water partition coefficient (Wildman–Crippen LogP) is 1.32. The molecule has 2 rings (SSSR count). The topological polar surface area (TPSA) is 113 Å². The molecule has 0 spiro atoms. The van der Waals surface area contributed by atoms with E-state index in [9.17, 15) is 9.59 Å². The number of anilines is 1. The van der Waals surface area contributed by atoms with Crippen LogP contribution >= 0.6 is 23.2 Å². The van der Waals surface area contributed by atoms with E-state index in [4.69, 9.17) is 34.0 Å². The third-order valence-corrected chi connectivity index (χ3v) is 4.80. The number of carboxylic acids is 1. The maximum atomic E-state index is 11.8. The smallest absolute Gasteiger partial charge is 0.322 e. The fraction of sp³-hybridized carbons (Fsp3) is 0.500. The number of hydrogen-bond donors (Lipinski definition) is 3. The normalized spacial score (nSPS) is 12.1. The van der Waals surface area contributed by atoms with E-state index in [-0.39, 0.29) is 0 Å². The third-order valence-electron chi connectivity index (χ3n) is 4.46. The maximum absolute atomic E-state index is 11.8. The predicted molar refractivity (Wildman–Crippen MR) is 111 cm³/mol. The van der Waals surface area contributed by atoms with Gasteiger partial charge in [0.1, 0.15) is 12.4 Å². The number of carbonyl (C=O) groups excluding carboxylic acids is 1. The van der Waals surface area contributed by atoms with Crippen LogP contribution in [-0.2, 0) is 23.1 Å². The van der Waals surface area contributed by atoms with Crippen molar-refractivity contribution in [2.75, 3.05) is 36.3 Å². The molecule has 1 atom stereocenters. The fourth-order valence-electron chi connectivity index (χ4n) is 2.94. The molecule has 1 aromatic carbocycles. The third kappa shape index (κ3) is 5.73. The summed E-state index contributed by atoms with van der Waals surface area (Å²) in [4.78, 5) is 29.1. The van der Waals surface area contributed by atoms with E-state index < -0.39 is 24.5 Å². The Labute approximate surface area is 173 Å². The molecule has 2 aromatic rings. The highest BCUT2D eigenvalue weighted by molar-refractivity contribution is 6.18. The Kier molecular flexibility index (Phi) is 8.35. The first-order valence-corrected chi connectivity index (χ1v) is 10.0. The summed E-state index contributed by atoms with van der Waals surface area (Å²) in [6, 6.07) is 5.21. The van der Waals surface area contributed by atoms with Crippen LogP contribution in [0.4, 0.5) is 5.69 Å². The molecule has 4 N–H and O–H groups in total. The molecule has 8 nitrogen and oxygen atoms in total. The van der Waals surface area contributed by atoms with Gasteiger partial charge in [-0.2, -0.15) is 0 Å². The zero-order chi connectivity index (χ0) is 20.7. The second kappa shape index (κ2) is 10.5. The number of aromatic nitrogens is 2. The zero-order valence-corrected chi connectivity index (χ0v) is 17.2. The van der Waals surface area contributed by atoms with E-state index >= 15 is 0 Å². The Balaban J connectivity index is 2.10. The minimum absolute atomic E-state index is 0.361. The molecule has 1 amide bonds. The Hall–Kier alpha value is -2.03. The van der Waals surface area contributed by atoms with Crippen LogP contribution in [0.2, 0.25) is 0 Å². The lowest BCUT2D eigenvalue weighted by molar-refractivity contribution is -0.138. The van der Waals surface area contributed by atoms with Crippen molar-refractivity contribution in [2.45, 2.75) is 18.9 Å². The molecule has 0 radical (unpaired) electrons. The molecule has 1 aromatic heterocycles. The van der Waals surface area contributed by atoms with Crippen molar-refractivity contribution in [1.29, 1.82) is 0 Å². The average Bonchev–Trinajstić information content (AvgIpc) is 2.99. The lowest BCUT2D eigenvalue weighted by Crippen LogP contribution is -2.42. The monoisotopic (exact) mass is 429 g/mol. The lowest BCUT2D eigenvalue weighted by atomic mass is 10.1. The summed E-state index contributed by atoms with van der Waals surface area (Å²) in [7, 11) is 1.91. The van der Waals surface area contributed by atoms with Gasteiger partial charge in [-0.05, 0) is 24.6 Å². The van der Waals surface area contributed by atoms with Gasteiger partial charge in [0.2, 0.25) is 5.91 Å². The van der Waals surface area contributed by atoms with Crippen LogP contribution in [-0.4, -0.2) is 64.0 Å². The number of fused-ring (bicyclic) bond motifs is 1. The first-order valence-electron chi connectivity index (χ1n) is 8.94. The van der Waals surface area contributed by atoms with Gasteiger partial charge in [0, 0.05) is 44.0 Å². The lowest BCUT2D eigenvalue weighted by Gasteiger charge is -2.22. The first-order chi connectivity index (χ1) is 13.4. The van der Waals surface area contributed by atoms with Crippen LogP contribution in [0.25, 0.3) is 11.0 Å². The molecule has 0 aliphatic rings. The van der Waals surface area contributed by atoms with Crippen LogP contribution in [0.1, 0.15) is 12.2 Å². The summed E-state index contributed by atoms with van der Waals surface area (Å²) in [5.41, 5.74) is 8.67. The van der Waals surface area contributed by atoms with Crippen molar-refractivity contribution in [3.8, 4) is 0 Å². The largest absolute Gasteiger partial charge is 0.480 e. The van der Waals surface area contributed by atoms with Gasteiger partial charge >= 0.3 is 5.97 Å². The number of amides is 1. The number of benzene rings is 1. The summed E-state index contributed by atoms with van der Waals surface area (Å²) in [5, 5.41) is 10.9. The number of nitrogens with one attached hydrogen (secondary N) is 1. The number of aryl methyl sites for hydroxylation is 2. The molecule has 28 heavy (non-hydrogen) atoms. The Morgan fingerprint density at radius 1 is 1.32 bits per heavy atom. The number of alkyl halides is 2. The maximum Gasteiger partial charge on any atom is 0.322 e. The molecule has 0 saturated carbocycles. The Morgan fingerprint density at radius 2 is 2.00 bits per heavy atom. The molecule has 10 heteroatoms. The van der Waals surface area contributed by atoms with Crippen LogP contribution in [0.3, 0.4) is 0 Å². The second-order valence-corrected chi connectivity index (χ2v) is 7.14. The molecule has 0 saturated heterocycles. The summed E-state index contributed by atoms with van der Waals surface area (Å²) in [6.45, 7) is 0.947. The van der Waals surface area contributed by atoms with Gasteiger partial charge in [-0.1, -0.05) is 0 Å². The SMILES string of the molecule is Cn1c(CCC(N)C(=O)NCC(=O)O)nc2cc(N(CCCl)CCCl)ccc21. The molecule has 1 unspecified atom stereocenters. The minimum Gasteiger partial charge on any atom is -0.480 e. The number of halogens is 2. The number of nitrogens with zero attached hydrogens (tertiary/aromatic N) is 3. The molecular formula is C18H25Cl2N5O3. The molecular weight excluding hydrogens is 405 g/mol. The molecule has 0 aliphatic heterocycles. The summed E-state index contributed by atoms with van der Waals surface area (Å²) in [6.07, 6.45) is 0.856. The molecule has 1 heterocycles. The molecule has 0 aliphatic carbocycles. The number of aliphatic carboxylic acids is 1. The number of carbonyl (C=O) groups is 2. The summed E-state index contributed by atoms with van der Waals surface area (Å²) in [5.74, 6) is 0.217. The van der Waals surface area contributed by atoms with Gasteiger partial charge in [0.05, 0.1) is 17.1 Å². The highest BCUT2D eigenvalue weighted by Gasteiger charge is 2.17.